The topological polar surface area (TPSA) is 73.1 Å². The summed E-state index contributed by atoms with van der Waals surface area (Å²) in [5.74, 6) is 6.54. The molecule has 0 bridgehead atoms. The van der Waals surface area contributed by atoms with Crippen molar-refractivity contribution in [3.8, 4) is 5.75 Å². The van der Waals surface area contributed by atoms with Gasteiger partial charge in [-0.1, -0.05) is 11.6 Å². The second kappa shape index (κ2) is 6.85. The van der Waals surface area contributed by atoms with Crippen LogP contribution in [-0.4, -0.2) is 17.1 Å². The fraction of sp³-hybridized carbons (Fsp3) is 0.333. The maximum atomic E-state index is 6.18. The van der Waals surface area contributed by atoms with Gasteiger partial charge in [0, 0.05) is 41.8 Å². The Labute approximate surface area is 129 Å². The van der Waals surface area contributed by atoms with Gasteiger partial charge >= 0.3 is 0 Å². The van der Waals surface area contributed by atoms with Crippen LogP contribution in [0.25, 0.3) is 0 Å². The van der Waals surface area contributed by atoms with Crippen molar-refractivity contribution in [2.45, 2.75) is 26.3 Å². The third-order valence-electron chi connectivity index (χ3n) is 3.53. The van der Waals surface area contributed by atoms with Crippen LogP contribution in [-0.2, 0) is 6.42 Å². The number of rotatable bonds is 5. The number of nitrogens with one attached hydrogen (secondary N) is 1. The Morgan fingerprint density at radius 2 is 2.14 bits per heavy atom. The lowest BCUT2D eigenvalue weighted by Crippen LogP contribution is -2.30. The molecule has 0 aromatic carbocycles. The molecule has 5 nitrogen and oxygen atoms in total. The van der Waals surface area contributed by atoms with Gasteiger partial charge < -0.3 is 4.74 Å². The average Bonchev–Trinajstić information content (AvgIpc) is 2.48. The van der Waals surface area contributed by atoms with E-state index in [1.807, 2.05) is 26.1 Å². The van der Waals surface area contributed by atoms with Crippen molar-refractivity contribution in [2.75, 3.05) is 7.11 Å². The van der Waals surface area contributed by atoms with Crippen LogP contribution in [0.2, 0.25) is 5.02 Å². The van der Waals surface area contributed by atoms with Gasteiger partial charge in [-0.15, -0.1) is 0 Å². The van der Waals surface area contributed by atoms with Gasteiger partial charge in [-0.25, -0.2) is 0 Å². The average molecular weight is 307 g/mol. The molecule has 112 valence electrons. The lowest BCUT2D eigenvalue weighted by atomic mass is 10.00. The summed E-state index contributed by atoms with van der Waals surface area (Å²) in [5, 5.41) is 0.581. The first kappa shape index (κ1) is 15.7. The summed E-state index contributed by atoms with van der Waals surface area (Å²) in [5.41, 5.74) is 6.64. The predicted molar refractivity (Wildman–Crippen MR) is 83.3 cm³/mol. The summed E-state index contributed by atoms with van der Waals surface area (Å²) in [7, 11) is 1.66. The Kier molecular flexibility index (Phi) is 5.12. The largest absolute Gasteiger partial charge is 0.496 e. The van der Waals surface area contributed by atoms with Gasteiger partial charge in [-0.2, -0.15) is 0 Å². The number of nitrogens with two attached hydrogens (primary N) is 1. The Bertz CT molecular complexity index is 633. The van der Waals surface area contributed by atoms with Crippen molar-refractivity contribution in [1.82, 2.24) is 15.4 Å². The van der Waals surface area contributed by atoms with Crippen LogP contribution in [0.1, 0.15) is 28.4 Å². The van der Waals surface area contributed by atoms with E-state index >= 15 is 0 Å². The van der Waals surface area contributed by atoms with E-state index < -0.39 is 0 Å². The molecule has 0 aliphatic rings. The summed E-state index contributed by atoms with van der Waals surface area (Å²) >= 11 is 6.18. The standard InChI is InChI=1S/C15H19ClN4O/c1-9-7-19-13(10(2)15(9)21-3)6-14(20-17)11-4-5-18-8-12(11)16/h4-5,7-8,14,20H,6,17H2,1-3H3. The van der Waals surface area contributed by atoms with Crippen LogP contribution in [0.5, 0.6) is 5.75 Å². The van der Waals surface area contributed by atoms with Gasteiger partial charge in [-0.3, -0.25) is 21.2 Å². The lowest BCUT2D eigenvalue weighted by Gasteiger charge is -2.19. The minimum atomic E-state index is -0.140. The van der Waals surface area contributed by atoms with Crippen molar-refractivity contribution >= 4 is 11.6 Å². The summed E-state index contributed by atoms with van der Waals surface area (Å²) in [6.45, 7) is 3.97. The molecule has 3 N–H and O–H groups in total. The van der Waals surface area contributed by atoms with Crippen molar-refractivity contribution < 1.29 is 4.74 Å². The number of ether oxygens (including phenoxy) is 1. The van der Waals surface area contributed by atoms with Gasteiger partial charge in [0.25, 0.3) is 0 Å². The zero-order valence-electron chi connectivity index (χ0n) is 12.4. The Morgan fingerprint density at radius 1 is 1.38 bits per heavy atom. The summed E-state index contributed by atoms with van der Waals surface area (Å²) < 4.78 is 5.43. The van der Waals surface area contributed by atoms with Crippen molar-refractivity contribution in [3.05, 3.63) is 52.1 Å². The highest BCUT2D eigenvalue weighted by Gasteiger charge is 2.18. The Morgan fingerprint density at radius 3 is 2.76 bits per heavy atom. The number of halogens is 1. The third kappa shape index (κ3) is 3.32. The summed E-state index contributed by atoms with van der Waals surface area (Å²) in [4.78, 5) is 8.48. The number of pyridine rings is 2. The van der Waals surface area contributed by atoms with Crippen LogP contribution < -0.4 is 16.0 Å². The van der Waals surface area contributed by atoms with Gasteiger partial charge in [0.05, 0.1) is 18.2 Å². The number of aromatic nitrogens is 2. The molecular weight excluding hydrogens is 288 g/mol. The molecule has 0 radical (unpaired) electrons. The quantitative estimate of drug-likeness (QED) is 0.656. The minimum absolute atomic E-state index is 0.140. The fourth-order valence-corrected chi connectivity index (χ4v) is 2.65. The first-order valence-electron chi connectivity index (χ1n) is 6.63. The molecule has 0 aliphatic heterocycles. The Hall–Kier alpha value is -1.69. The highest BCUT2D eigenvalue weighted by Crippen LogP contribution is 2.29. The maximum Gasteiger partial charge on any atom is 0.128 e. The number of hydrogen-bond donors (Lipinski definition) is 2. The molecule has 21 heavy (non-hydrogen) atoms. The van der Waals surface area contributed by atoms with Crippen LogP contribution in [0.4, 0.5) is 0 Å². The molecule has 0 saturated carbocycles. The molecule has 2 heterocycles. The van der Waals surface area contributed by atoms with Crippen LogP contribution >= 0.6 is 11.6 Å². The second-order valence-electron chi connectivity index (χ2n) is 4.87. The predicted octanol–water partition coefficient (Wildman–Crippen LogP) is 2.50. The second-order valence-corrected chi connectivity index (χ2v) is 5.27. The van der Waals surface area contributed by atoms with E-state index in [2.05, 4.69) is 15.4 Å². The highest BCUT2D eigenvalue weighted by atomic mass is 35.5. The monoisotopic (exact) mass is 306 g/mol. The van der Waals surface area contributed by atoms with E-state index in [0.717, 1.165) is 28.1 Å². The zero-order valence-corrected chi connectivity index (χ0v) is 13.1. The normalized spacial score (nSPS) is 12.2. The molecule has 0 saturated heterocycles. The lowest BCUT2D eigenvalue weighted by molar-refractivity contribution is 0.406. The molecule has 1 unspecified atom stereocenters. The minimum Gasteiger partial charge on any atom is -0.496 e. The molecule has 2 rings (SSSR count). The molecule has 6 heteroatoms. The number of aryl methyl sites for hydroxylation is 1. The summed E-state index contributed by atoms with van der Waals surface area (Å²) in [6, 6.07) is 1.72. The first-order valence-corrected chi connectivity index (χ1v) is 7.00. The van der Waals surface area contributed by atoms with Crippen LogP contribution in [0, 0.1) is 13.8 Å². The van der Waals surface area contributed by atoms with Gasteiger partial charge in [-0.05, 0) is 25.5 Å². The maximum absolute atomic E-state index is 6.18. The fourth-order valence-electron chi connectivity index (χ4n) is 2.40. The van der Waals surface area contributed by atoms with Gasteiger partial charge in [0.15, 0.2) is 0 Å². The van der Waals surface area contributed by atoms with Crippen molar-refractivity contribution in [1.29, 1.82) is 0 Å². The van der Waals surface area contributed by atoms with Crippen LogP contribution in [0.15, 0.2) is 24.7 Å². The third-order valence-corrected chi connectivity index (χ3v) is 3.84. The van der Waals surface area contributed by atoms with E-state index in [4.69, 9.17) is 22.2 Å². The summed E-state index contributed by atoms with van der Waals surface area (Å²) in [6.07, 6.45) is 5.73. The molecule has 1 atom stereocenters. The molecule has 0 amide bonds. The smallest absolute Gasteiger partial charge is 0.128 e. The molecule has 0 aliphatic carbocycles. The van der Waals surface area contributed by atoms with E-state index in [-0.39, 0.29) is 6.04 Å². The van der Waals surface area contributed by atoms with Gasteiger partial charge in [0.1, 0.15) is 5.75 Å². The first-order chi connectivity index (χ1) is 10.1. The van der Waals surface area contributed by atoms with Crippen molar-refractivity contribution in [2.24, 2.45) is 5.84 Å². The molecule has 2 aromatic heterocycles. The van der Waals surface area contributed by atoms with Gasteiger partial charge in [0.2, 0.25) is 0 Å². The van der Waals surface area contributed by atoms with Crippen LogP contribution in [0.3, 0.4) is 0 Å². The zero-order chi connectivity index (χ0) is 15.4. The molecule has 0 fully saturated rings. The number of hydrazine groups is 1. The Balaban J connectivity index is 2.34. The van der Waals surface area contributed by atoms with E-state index in [1.54, 1.807) is 19.5 Å². The number of methoxy groups -OCH3 is 1. The highest BCUT2D eigenvalue weighted by molar-refractivity contribution is 6.31. The molecule has 2 aromatic rings. The van der Waals surface area contributed by atoms with E-state index in [0.29, 0.717) is 11.4 Å². The van der Waals surface area contributed by atoms with E-state index in [9.17, 15) is 0 Å². The SMILES string of the molecule is COc1c(C)cnc(CC(NN)c2ccncc2Cl)c1C. The van der Waals surface area contributed by atoms with Crippen molar-refractivity contribution in [3.63, 3.8) is 0 Å². The number of nitrogens with zero attached hydrogens (tertiary/aromatic N) is 2. The molecular formula is C15H19ClN4O. The molecule has 0 spiro atoms. The van der Waals surface area contributed by atoms with E-state index in [1.165, 1.54) is 0 Å². The number of hydrogen-bond acceptors (Lipinski definition) is 5.